The van der Waals surface area contributed by atoms with Crippen molar-refractivity contribution in [3.05, 3.63) is 0 Å². The second-order valence-corrected chi connectivity index (χ2v) is 4.20. The van der Waals surface area contributed by atoms with Crippen LogP contribution in [0.3, 0.4) is 0 Å². The van der Waals surface area contributed by atoms with E-state index >= 15 is 0 Å². The molecular weight excluding hydrogens is 162 g/mol. The molecule has 2 heteroatoms. The van der Waals surface area contributed by atoms with Gasteiger partial charge in [-0.3, -0.25) is 4.90 Å². The minimum atomic E-state index is 0.267. The minimum absolute atomic E-state index is 0.267. The summed E-state index contributed by atoms with van der Waals surface area (Å²) in [4.78, 5) is 2.34. The molecule has 13 heavy (non-hydrogen) atoms. The molecule has 0 bridgehead atoms. The van der Waals surface area contributed by atoms with Crippen LogP contribution < -0.4 is 0 Å². The predicted octanol–water partition coefficient (Wildman–Crippen LogP) is 1.98. The molecule has 0 aliphatic rings. The highest BCUT2D eigenvalue weighted by Crippen LogP contribution is 2.18. The fourth-order valence-corrected chi connectivity index (χ4v) is 1.67. The fraction of sp³-hybridized carbons (Fsp3) is 1.00. The van der Waals surface area contributed by atoms with E-state index in [1.54, 1.807) is 0 Å². The summed E-state index contributed by atoms with van der Waals surface area (Å²) in [6, 6.07) is 0.567. The van der Waals surface area contributed by atoms with Crippen LogP contribution in [0.1, 0.15) is 34.6 Å². The van der Waals surface area contributed by atoms with Gasteiger partial charge in [-0.15, -0.1) is 0 Å². The Morgan fingerprint density at radius 3 is 2.00 bits per heavy atom. The highest BCUT2D eigenvalue weighted by molar-refractivity contribution is 4.73. The first-order valence-corrected chi connectivity index (χ1v) is 5.39. The Bertz CT molecular complexity index is 125. The molecule has 0 heterocycles. The Kier molecular flexibility index (Phi) is 6.35. The third-order valence-corrected chi connectivity index (χ3v) is 3.18. The smallest absolute Gasteiger partial charge is 0.0558 e. The average molecular weight is 187 g/mol. The van der Waals surface area contributed by atoms with Crippen molar-refractivity contribution >= 4 is 0 Å². The Hall–Kier alpha value is -0.0800. The molecule has 0 aromatic carbocycles. The van der Waals surface area contributed by atoms with Crippen LogP contribution in [-0.4, -0.2) is 35.7 Å². The van der Waals surface area contributed by atoms with Crippen LogP contribution in [0.4, 0.5) is 0 Å². The first-order valence-electron chi connectivity index (χ1n) is 5.39. The third kappa shape index (κ3) is 4.10. The van der Waals surface area contributed by atoms with Gasteiger partial charge in [-0.05, 0) is 25.3 Å². The van der Waals surface area contributed by atoms with Gasteiger partial charge < -0.3 is 5.11 Å². The average Bonchev–Trinajstić information content (AvgIpc) is 2.11. The molecule has 2 unspecified atom stereocenters. The second-order valence-electron chi connectivity index (χ2n) is 4.20. The van der Waals surface area contributed by atoms with Gasteiger partial charge >= 0.3 is 0 Å². The molecule has 80 valence electrons. The lowest BCUT2D eigenvalue weighted by atomic mass is 9.90. The van der Waals surface area contributed by atoms with Gasteiger partial charge in [-0.25, -0.2) is 0 Å². The molecule has 0 saturated carbocycles. The molecule has 0 saturated heterocycles. The van der Waals surface area contributed by atoms with Crippen LogP contribution in [0.25, 0.3) is 0 Å². The van der Waals surface area contributed by atoms with Crippen LogP contribution in [-0.2, 0) is 0 Å². The van der Waals surface area contributed by atoms with Crippen molar-refractivity contribution in [3.63, 3.8) is 0 Å². The Balaban J connectivity index is 4.10. The highest BCUT2D eigenvalue weighted by atomic mass is 16.3. The molecule has 0 radical (unpaired) electrons. The first-order chi connectivity index (χ1) is 6.04. The maximum absolute atomic E-state index is 8.90. The molecule has 0 aromatic rings. The van der Waals surface area contributed by atoms with Crippen molar-refractivity contribution in [1.82, 2.24) is 4.90 Å². The van der Waals surface area contributed by atoms with Crippen molar-refractivity contribution in [1.29, 1.82) is 0 Å². The van der Waals surface area contributed by atoms with Gasteiger partial charge in [0.15, 0.2) is 0 Å². The molecule has 0 amide bonds. The van der Waals surface area contributed by atoms with E-state index in [-0.39, 0.29) is 6.61 Å². The Morgan fingerprint density at radius 1 is 1.15 bits per heavy atom. The lowest BCUT2D eigenvalue weighted by molar-refractivity contribution is 0.116. The molecular formula is C11H25NO. The molecule has 1 N–H and O–H groups in total. The number of hydrogen-bond donors (Lipinski definition) is 1. The van der Waals surface area contributed by atoms with Gasteiger partial charge in [0.25, 0.3) is 0 Å². The largest absolute Gasteiger partial charge is 0.395 e. The summed E-state index contributed by atoms with van der Waals surface area (Å²) < 4.78 is 0. The number of rotatable bonds is 6. The van der Waals surface area contributed by atoms with E-state index < -0.39 is 0 Å². The van der Waals surface area contributed by atoms with E-state index in [4.69, 9.17) is 5.11 Å². The van der Waals surface area contributed by atoms with Crippen LogP contribution in [0.2, 0.25) is 0 Å². The molecule has 0 aliphatic carbocycles. The number of hydrogen-bond acceptors (Lipinski definition) is 2. The fourth-order valence-electron chi connectivity index (χ4n) is 1.67. The van der Waals surface area contributed by atoms with Gasteiger partial charge in [-0.1, -0.05) is 27.7 Å². The summed E-state index contributed by atoms with van der Waals surface area (Å²) in [5.74, 6) is 1.40. The van der Waals surface area contributed by atoms with Crippen molar-refractivity contribution in [3.8, 4) is 0 Å². The quantitative estimate of drug-likeness (QED) is 0.687. The standard InChI is InChI=1S/C11H25NO/c1-6-12(7-8-13)11(5)10(4)9(2)3/h9-11,13H,6-8H2,1-5H3. The maximum Gasteiger partial charge on any atom is 0.0558 e. The van der Waals surface area contributed by atoms with Gasteiger partial charge in [0, 0.05) is 12.6 Å². The lowest BCUT2D eigenvalue weighted by Crippen LogP contribution is -2.40. The zero-order valence-electron chi connectivity index (χ0n) is 9.75. The predicted molar refractivity (Wildman–Crippen MR) is 57.8 cm³/mol. The number of nitrogens with zero attached hydrogens (tertiary/aromatic N) is 1. The molecule has 0 rings (SSSR count). The van der Waals surface area contributed by atoms with Gasteiger partial charge in [-0.2, -0.15) is 0 Å². The van der Waals surface area contributed by atoms with E-state index in [1.165, 1.54) is 0 Å². The van der Waals surface area contributed by atoms with E-state index in [9.17, 15) is 0 Å². The third-order valence-electron chi connectivity index (χ3n) is 3.18. The van der Waals surface area contributed by atoms with E-state index in [0.29, 0.717) is 17.9 Å². The molecule has 2 nitrogen and oxygen atoms in total. The summed E-state index contributed by atoms with van der Waals surface area (Å²) in [5.41, 5.74) is 0. The normalized spacial score (nSPS) is 16.6. The summed E-state index contributed by atoms with van der Waals surface area (Å²) >= 11 is 0. The molecule has 2 atom stereocenters. The van der Waals surface area contributed by atoms with Crippen LogP contribution in [0.5, 0.6) is 0 Å². The van der Waals surface area contributed by atoms with E-state index in [0.717, 1.165) is 13.1 Å². The number of likely N-dealkylation sites (N-methyl/N-ethyl adjacent to an activating group) is 1. The Morgan fingerprint density at radius 2 is 1.69 bits per heavy atom. The summed E-state index contributed by atoms with van der Waals surface area (Å²) in [5, 5.41) is 8.90. The lowest BCUT2D eigenvalue weighted by Gasteiger charge is -2.33. The van der Waals surface area contributed by atoms with Gasteiger partial charge in [0.05, 0.1) is 6.61 Å². The van der Waals surface area contributed by atoms with Crippen molar-refractivity contribution in [2.75, 3.05) is 19.7 Å². The van der Waals surface area contributed by atoms with Gasteiger partial charge in [0.2, 0.25) is 0 Å². The zero-order chi connectivity index (χ0) is 10.4. The van der Waals surface area contributed by atoms with Crippen LogP contribution in [0.15, 0.2) is 0 Å². The number of aliphatic hydroxyl groups is 1. The molecule has 0 aliphatic heterocycles. The first kappa shape index (κ1) is 12.9. The molecule has 0 aromatic heterocycles. The topological polar surface area (TPSA) is 23.5 Å². The van der Waals surface area contributed by atoms with Crippen LogP contribution in [0, 0.1) is 11.8 Å². The molecule has 0 spiro atoms. The SMILES string of the molecule is CCN(CCO)C(C)C(C)C(C)C. The second kappa shape index (κ2) is 6.39. The highest BCUT2D eigenvalue weighted by Gasteiger charge is 2.20. The Labute approximate surface area is 82.9 Å². The van der Waals surface area contributed by atoms with Gasteiger partial charge in [0.1, 0.15) is 0 Å². The van der Waals surface area contributed by atoms with E-state index in [1.807, 2.05) is 0 Å². The summed E-state index contributed by atoms with van der Waals surface area (Å²) in [6.07, 6.45) is 0. The van der Waals surface area contributed by atoms with Crippen LogP contribution >= 0.6 is 0 Å². The molecule has 0 fully saturated rings. The summed E-state index contributed by atoms with van der Waals surface area (Å²) in [6.45, 7) is 13.3. The maximum atomic E-state index is 8.90. The van der Waals surface area contributed by atoms with Crippen molar-refractivity contribution in [2.24, 2.45) is 11.8 Å². The van der Waals surface area contributed by atoms with Crippen molar-refractivity contribution < 1.29 is 5.11 Å². The number of aliphatic hydroxyl groups excluding tert-OH is 1. The monoisotopic (exact) mass is 187 g/mol. The summed E-state index contributed by atoms with van der Waals surface area (Å²) in [7, 11) is 0. The zero-order valence-corrected chi connectivity index (χ0v) is 9.75. The minimum Gasteiger partial charge on any atom is -0.395 e. The van der Waals surface area contributed by atoms with E-state index in [2.05, 4.69) is 39.5 Å². The van der Waals surface area contributed by atoms with Crippen molar-refractivity contribution in [2.45, 2.75) is 40.7 Å².